The van der Waals surface area contributed by atoms with Gasteiger partial charge in [0.15, 0.2) is 10.8 Å². The van der Waals surface area contributed by atoms with Crippen LogP contribution in [0, 0.1) is 6.92 Å². The molecule has 0 N–H and O–H groups in total. The molecule has 0 amide bonds. The van der Waals surface area contributed by atoms with E-state index < -0.39 is 0 Å². The number of Topliss-reactive ketones (excluding diaryl/α,β-unsaturated/α-hetero) is 1. The monoisotopic (exact) mass is 350 g/mol. The molecule has 0 atom stereocenters. The molecule has 0 unspecified atom stereocenters. The van der Waals surface area contributed by atoms with Gasteiger partial charge in [-0.3, -0.25) is 14.8 Å². The largest absolute Gasteiger partial charge is 0.332 e. The molecule has 8 heteroatoms. The molecule has 0 saturated heterocycles. The van der Waals surface area contributed by atoms with Gasteiger partial charge in [-0.2, -0.15) is 0 Å². The first-order valence-corrected chi connectivity index (χ1v) is 8.46. The van der Waals surface area contributed by atoms with Gasteiger partial charge in [-0.05, 0) is 24.4 Å². The Morgan fingerprint density at radius 3 is 2.68 bits per heavy atom. The summed E-state index contributed by atoms with van der Waals surface area (Å²) >= 11 is 1.30. The molecular weight excluding hydrogens is 336 g/mol. The minimum atomic E-state index is -0.0710. The third-order valence-corrected chi connectivity index (χ3v) is 4.72. The summed E-state index contributed by atoms with van der Waals surface area (Å²) in [5.41, 5.74) is 2.46. The van der Waals surface area contributed by atoms with Crippen LogP contribution in [0.3, 0.4) is 0 Å². The number of rotatable bonds is 4. The average molecular weight is 350 g/mol. The van der Waals surface area contributed by atoms with Crippen LogP contribution in [-0.2, 0) is 13.5 Å². The van der Waals surface area contributed by atoms with Crippen LogP contribution in [-0.4, -0.2) is 35.5 Å². The Hall–Kier alpha value is -3.00. The van der Waals surface area contributed by atoms with Crippen LogP contribution in [0.25, 0.3) is 22.2 Å². The molecule has 4 aromatic rings. The molecule has 7 nitrogen and oxygen atoms in total. The summed E-state index contributed by atoms with van der Waals surface area (Å²) in [4.78, 5) is 25.3. The van der Waals surface area contributed by atoms with Gasteiger partial charge in [-0.1, -0.05) is 11.3 Å². The van der Waals surface area contributed by atoms with Crippen molar-refractivity contribution in [1.82, 2.24) is 29.7 Å². The molecule has 0 aromatic carbocycles. The van der Waals surface area contributed by atoms with Gasteiger partial charge in [0.25, 0.3) is 0 Å². The fraction of sp³-hybridized carbons (Fsp3) is 0.176. The maximum Gasteiger partial charge on any atom is 0.199 e. The van der Waals surface area contributed by atoms with E-state index >= 15 is 0 Å². The van der Waals surface area contributed by atoms with Crippen LogP contribution in [0.15, 0.2) is 37.1 Å². The molecule has 0 spiro atoms. The van der Waals surface area contributed by atoms with E-state index in [1.54, 1.807) is 24.9 Å². The minimum Gasteiger partial charge on any atom is -0.332 e. The Morgan fingerprint density at radius 1 is 1.12 bits per heavy atom. The van der Waals surface area contributed by atoms with Gasteiger partial charge in [0.1, 0.15) is 5.01 Å². The van der Waals surface area contributed by atoms with Crippen molar-refractivity contribution in [3.05, 3.63) is 52.8 Å². The van der Waals surface area contributed by atoms with E-state index in [-0.39, 0.29) is 12.2 Å². The van der Waals surface area contributed by atoms with Crippen molar-refractivity contribution >= 4 is 27.9 Å². The third-order valence-electron chi connectivity index (χ3n) is 3.85. The molecule has 4 heterocycles. The average Bonchev–Trinajstić information content (AvgIpc) is 3.22. The van der Waals surface area contributed by atoms with Gasteiger partial charge in [-0.25, -0.2) is 4.98 Å². The first-order valence-electron chi connectivity index (χ1n) is 7.65. The Kier molecular flexibility index (Phi) is 3.81. The van der Waals surface area contributed by atoms with Crippen molar-refractivity contribution in [3.63, 3.8) is 0 Å². The van der Waals surface area contributed by atoms with Gasteiger partial charge in [-0.15, -0.1) is 10.2 Å². The summed E-state index contributed by atoms with van der Waals surface area (Å²) in [6, 6.07) is 3.90. The van der Waals surface area contributed by atoms with Gasteiger partial charge in [0.05, 0.1) is 30.3 Å². The molecule has 0 aliphatic rings. The zero-order chi connectivity index (χ0) is 17.4. The SMILES string of the molecule is Cc1nnc(C(=O)Cc2cc3cc(-c4cncn4C)ncc3cn2)s1. The van der Waals surface area contributed by atoms with E-state index in [2.05, 4.69) is 25.1 Å². The lowest BCUT2D eigenvalue weighted by atomic mass is 10.1. The summed E-state index contributed by atoms with van der Waals surface area (Å²) in [6.45, 7) is 1.83. The number of hydrogen-bond acceptors (Lipinski definition) is 7. The predicted molar refractivity (Wildman–Crippen MR) is 94.4 cm³/mol. The molecule has 0 fully saturated rings. The quantitative estimate of drug-likeness (QED) is 0.526. The molecular formula is C17H14N6OS. The standard InChI is InChI=1S/C17H14N6OS/c1-10-21-22-17(25-10)16(24)5-13-3-11-4-14(15-8-18-9-23(15)2)20-7-12(11)6-19-13/h3-4,6-9H,5H2,1-2H3. The van der Waals surface area contributed by atoms with Crippen molar-refractivity contribution in [2.75, 3.05) is 0 Å². The lowest BCUT2D eigenvalue weighted by molar-refractivity contribution is 0.0991. The summed E-state index contributed by atoms with van der Waals surface area (Å²) in [7, 11) is 1.93. The molecule has 0 radical (unpaired) electrons. The van der Waals surface area contributed by atoms with Crippen molar-refractivity contribution in [1.29, 1.82) is 0 Å². The summed E-state index contributed by atoms with van der Waals surface area (Å²) < 4.78 is 1.91. The number of nitrogens with zero attached hydrogens (tertiary/aromatic N) is 6. The predicted octanol–water partition coefficient (Wildman–Crippen LogP) is 2.62. The number of aryl methyl sites for hydroxylation is 2. The van der Waals surface area contributed by atoms with E-state index in [4.69, 9.17) is 0 Å². The second-order valence-electron chi connectivity index (χ2n) is 5.71. The van der Waals surface area contributed by atoms with Crippen molar-refractivity contribution in [3.8, 4) is 11.4 Å². The van der Waals surface area contributed by atoms with E-state index in [1.807, 2.05) is 30.7 Å². The number of pyridine rings is 2. The number of aromatic nitrogens is 6. The van der Waals surface area contributed by atoms with E-state index in [9.17, 15) is 4.79 Å². The molecule has 0 aliphatic heterocycles. The Bertz CT molecular complexity index is 1080. The normalized spacial score (nSPS) is 11.1. The van der Waals surface area contributed by atoms with Crippen LogP contribution < -0.4 is 0 Å². The number of carbonyl (C=O) groups is 1. The summed E-state index contributed by atoms with van der Waals surface area (Å²) in [6.07, 6.45) is 7.24. The zero-order valence-electron chi connectivity index (χ0n) is 13.7. The summed E-state index contributed by atoms with van der Waals surface area (Å²) in [5.74, 6) is -0.0710. The second-order valence-corrected chi connectivity index (χ2v) is 6.89. The van der Waals surface area contributed by atoms with Gasteiger partial charge < -0.3 is 4.57 Å². The molecule has 0 saturated carbocycles. The smallest absolute Gasteiger partial charge is 0.199 e. The number of carbonyl (C=O) groups excluding carboxylic acids is 1. The first kappa shape index (κ1) is 15.5. The number of imidazole rings is 1. The van der Waals surface area contributed by atoms with E-state index in [0.717, 1.165) is 27.2 Å². The van der Waals surface area contributed by atoms with Crippen molar-refractivity contribution in [2.45, 2.75) is 13.3 Å². The van der Waals surface area contributed by atoms with Gasteiger partial charge in [0, 0.05) is 30.5 Å². The Balaban J connectivity index is 1.67. The van der Waals surface area contributed by atoms with Crippen molar-refractivity contribution in [2.24, 2.45) is 7.05 Å². The fourth-order valence-electron chi connectivity index (χ4n) is 2.57. The van der Waals surface area contributed by atoms with E-state index in [0.29, 0.717) is 10.7 Å². The maximum absolute atomic E-state index is 12.3. The summed E-state index contributed by atoms with van der Waals surface area (Å²) in [5, 5.41) is 10.9. The van der Waals surface area contributed by atoms with Crippen LogP contribution in [0.4, 0.5) is 0 Å². The minimum absolute atomic E-state index is 0.0710. The van der Waals surface area contributed by atoms with Crippen LogP contribution in [0.1, 0.15) is 20.5 Å². The first-order chi connectivity index (χ1) is 12.1. The fourth-order valence-corrected chi connectivity index (χ4v) is 3.20. The lowest BCUT2D eigenvalue weighted by Gasteiger charge is -2.05. The maximum atomic E-state index is 12.3. The molecule has 0 aliphatic carbocycles. The Morgan fingerprint density at radius 2 is 1.96 bits per heavy atom. The molecule has 4 rings (SSSR count). The number of fused-ring (bicyclic) bond motifs is 1. The number of ketones is 1. The number of hydrogen-bond donors (Lipinski definition) is 0. The molecule has 4 aromatic heterocycles. The second kappa shape index (κ2) is 6.14. The highest BCUT2D eigenvalue weighted by Crippen LogP contribution is 2.22. The Labute approximate surface area is 147 Å². The van der Waals surface area contributed by atoms with E-state index in [1.165, 1.54) is 11.3 Å². The highest BCUT2D eigenvalue weighted by molar-refractivity contribution is 7.13. The van der Waals surface area contributed by atoms with Crippen LogP contribution in [0.2, 0.25) is 0 Å². The molecule has 124 valence electrons. The third kappa shape index (κ3) is 3.03. The van der Waals surface area contributed by atoms with Gasteiger partial charge >= 0.3 is 0 Å². The highest BCUT2D eigenvalue weighted by atomic mass is 32.1. The topological polar surface area (TPSA) is 86.5 Å². The van der Waals surface area contributed by atoms with Crippen LogP contribution >= 0.6 is 11.3 Å². The lowest BCUT2D eigenvalue weighted by Crippen LogP contribution is -2.04. The van der Waals surface area contributed by atoms with Gasteiger partial charge in [0.2, 0.25) is 0 Å². The molecule has 0 bridgehead atoms. The van der Waals surface area contributed by atoms with Crippen molar-refractivity contribution < 1.29 is 4.79 Å². The zero-order valence-corrected chi connectivity index (χ0v) is 14.5. The molecule has 25 heavy (non-hydrogen) atoms. The highest BCUT2D eigenvalue weighted by Gasteiger charge is 2.14. The van der Waals surface area contributed by atoms with Crippen LogP contribution in [0.5, 0.6) is 0 Å².